The van der Waals surface area contributed by atoms with Crippen molar-refractivity contribution in [2.24, 2.45) is 0 Å². The first-order valence-corrected chi connectivity index (χ1v) is 9.60. The second-order valence-electron chi connectivity index (χ2n) is 6.24. The number of hydrogen-bond acceptors (Lipinski definition) is 5. The van der Waals surface area contributed by atoms with Gasteiger partial charge < -0.3 is 10.5 Å². The van der Waals surface area contributed by atoms with Gasteiger partial charge in [-0.15, -0.1) is 0 Å². The fraction of sp³-hybridized carbons (Fsp3) is 0.368. The molecule has 0 radical (unpaired) electrons. The maximum Gasteiger partial charge on any atom is 0.243 e. The Labute approximate surface area is 172 Å². The van der Waals surface area contributed by atoms with Crippen LogP contribution in [0.3, 0.4) is 0 Å². The summed E-state index contributed by atoms with van der Waals surface area (Å²) in [5.41, 5.74) is 8.91. The summed E-state index contributed by atoms with van der Waals surface area (Å²) in [4.78, 5) is 15.1. The Morgan fingerprint density at radius 2 is 2.04 bits per heavy atom. The van der Waals surface area contributed by atoms with Gasteiger partial charge in [-0.25, -0.2) is 14.9 Å². The van der Waals surface area contributed by atoms with Crippen LogP contribution in [-0.2, 0) is 17.6 Å². The summed E-state index contributed by atoms with van der Waals surface area (Å²) in [6.45, 7) is 0.217. The zero-order chi connectivity index (χ0) is 20.5. The van der Waals surface area contributed by atoms with Crippen molar-refractivity contribution in [2.45, 2.75) is 38.5 Å². The molecular formula is C19H22Cl2FN3O3. The minimum absolute atomic E-state index is 0.00849. The minimum Gasteiger partial charge on any atom is -0.489 e. The van der Waals surface area contributed by atoms with Crippen LogP contribution >= 0.6 is 23.2 Å². The molecule has 2 aromatic rings. The molecule has 152 valence electrons. The Morgan fingerprint density at radius 3 is 2.79 bits per heavy atom. The molecule has 0 bridgehead atoms. The van der Waals surface area contributed by atoms with Gasteiger partial charge in [-0.1, -0.05) is 29.6 Å². The number of carbonyl (C=O) groups is 1. The predicted octanol–water partition coefficient (Wildman–Crippen LogP) is 4.34. The number of nitrogen functional groups attached to an aromatic ring is 1. The maximum absolute atomic E-state index is 13.6. The zero-order valence-electron chi connectivity index (χ0n) is 15.2. The number of aryl methyl sites for hydroxylation is 1. The Morgan fingerprint density at radius 1 is 1.25 bits per heavy atom. The predicted molar refractivity (Wildman–Crippen MR) is 106 cm³/mol. The van der Waals surface area contributed by atoms with Crippen molar-refractivity contribution in [3.8, 4) is 5.75 Å². The van der Waals surface area contributed by atoms with Crippen molar-refractivity contribution in [3.05, 3.63) is 51.4 Å². The number of benzene rings is 1. The van der Waals surface area contributed by atoms with Gasteiger partial charge in [0.25, 0.3) is 0 Å². The average Bonchev–Trinajstić information content (AvgIpc) is 2.69. The van der Waals surface area contributed by atoms with E-state index in [1.807, 2.05) is 6.07 Å². The Hall–Kier alpha value is -2.09. The summed E-state index contributed by atoms with van der Waals surface area (Å²) in [6, 6.07) is 4.49. The Kier molecular flexibility index (Phi) is 8.76. The van der Waals surface area contributed by atoms with Crippen molar-refractivity contribution in [2.75, 3.05) is 12.3 Å². The van der Waals surface area contributed by atoms with E-state index < -0.39 is 5.82 Å². The molecule has 9 heteroatoms. The average molecular weight is 430 g/mol. The highest BCUT2D eigenvalue weighted by Crippen LogP contribution is 2.28. The van der Waals surface area contributed by atoms with Gasteiger partial charge in [-0.3, -0.25) is 10.0 Å². The second kappa shape index (κ2) is 11.0. The first kappa shape index (κ1) is 22.2. The molecule has 1 aromatic heterocycles. The number of aromatic nitrogens is 1. The molecule has 0 saturated heterocycles. The van der Waals surface area contributed by atoms with Crippen molar-refractivity contribution >= 4 is 34.9 Å². The van der Waals surface area contributed by atoms with Crippen molar-refractivity contribution < 1.29 is 19.1 Å². The van der Waals surface area contributed by atoms with E-state index >= 15 is 0 Å². The maximum atomic E-state index is 13.6. The Bertz CT molecular complexity index is 821. The number of pyridine rings is 1. The van der Waals surface area contributed by atoms with Crippen LogP contribution in [0.1, 0.15) is 36.8 Å². The lowest BCUT2D eigenvalue weighted by atomic mass is 10.1. The number of anilines is 1. The molecule has 28 heavy (non-hydrogen) atoms. The van der Waals surface area contributed by atoms with E-state index in [1.165, 1.54) is 12.1 Å². The largest absolute Gasteiger partial charge is 0.489 e. The lowest BCUT2D eigenvalue weighted by Crippen LogP contribution is -2.17. The van der Waals surface area contributed by atoms with Crippen LogP contribution in [0.2, 0.25) is 10.0 Å². The molecule has 0 spiro atoms. The van der Waals surface area contributed by atoms with E-state index in [9.17, 15) is 9.18 Å². The van der Waals surface area contributed by atoms with Crippen LogP contribution in [0.15, 0.2) is 24.4 Å². The third-order valence-corrected chi connectivity index (χ3v) is 4.94. The second-order valence-corrected chi connectivity index (χ2v) is 7.03. The minimum atomic E-state index is -0.527. The third-order valence-electron chi connectivity index (χ3n) is 4.18. The van der Waals surface area contributed by atoms with Crippen LogP contribution in [0, 0.1) is 5.82 Å². The normalized spacial score (nSPS) is 10.7. The number of amides is 1. The van der Waals surface area contributed by atoms with Gasteiger partial charge in [0.1, 0.15) is 5.82 Å². The lowest BCUT2D eigenvalue weighted by molar-refractivity contribution is -0.129. The molecule has 0 aliphatic rings. The topological polar surface area (TPSA) is 97.5 Å². The fourth-order valence-corrected chi connectivity index (χ4v) is 3.22. The highest BCUT2D eigenvalue weighted by molar-refractivity contribution is 6.36. The van der Waals surface area contributed by atoms with Gasteiger partial charge in [0.15, 0.2) is 11.6 Å². The first-order chi connectivity index (χ1) is 13.4. The number of nitrogens with two attached hydrogens (primary N) is 1. The number of nitrogens with one attached hydrogen (secondary N) is 1. The smallest absolute Gasteiger partial charge is 0.243 e. The summed E-state index contributed by atoms with van der Waals surface area (Å²) in [7, 11) is 0. The molecule has 0 fully saturated rings. The summed E-state index contributed by atoms with van der Waals surface area (Å²) in [5, 5.41) is 8.82. The molecule has 4 N–H and O–H groups in total. The fourth-order valence-electron chi connectivity index (χ4n) is 2.66. The van der Waals surface area contributed by atoms with Crippen LogP contribution < -0.4 is 16.0 Å². The van der Waals surface area contributed by atoms with Gasteiger partial charge in [-0.2, -0.15) is 0 Å². The molecule has 1 heterocycles. The van der Waals surface area contributed by atoms with Crippen molar-refractivity contribution in [1.82, 2.24) is 10.5 Å². The molecule has 6 nitrogen and oxygen atoms in total. The molecule has 1 aromatic carbocycles. The summed E-state index contributed by atoms with van der Waals surface area (Å²) in [6.07, 6.45) is 5.44. The van der Waals surface area contributed by atoms with Gasteiger partial charge >= 0.3 is 0 Å². The Balaban J connectivity index is 1.86. The monoisotopic (exact) mass is 429 g/mol. The first-order valence-electron chi connectivity index (χ1n) is 8.85. The molecule has 0 atom stereocenters. The molecule has 2 rings (SSSR count). The van der Waals surface area contributed by atoms with E-state index in [-0.39, 0.29) is 29.8 Å². The molecule has 0 aliphatic heterocycles. The van der Waals surface area contributed by atoms with Gasteiger partial charge in [0.05, 0.1) is 11.6 Å². The molecule has 0 aliphatic carbocycles. The number of ether oxygens (including phenoxy) is 1. The van der Waals surface area contributed by atoms with Crippen LogP contribution in [0.25, 0.3) is 0 Å². The van der Waals surface area contributed by atoms with E-state index in [0.717, 1.165) is 24.8 Å². The molecule has 0 saturated carbocycles. The van der Waals surface area contributed by atoms with E-state index in [2.05, 4.69) is 4.98 Å². The standard InChI is InChI=1S/C19H22Cl2FN3O3/c20-14-6-7-15(22)18(21)13(14)8-9-28-16-10-12(11-24-19(16)23)4-2-1-3-5-17(26)25-27/h6-7,10-11,27H,1-5,8-9H2,(H2,23,24)(H,25,26). The number of unbranched alkanes of at least 4 members (excludes halogenated alkanes) is 2. The quantitative estimate of drug-likeness (QED) is 0.226. The van der Waals surface area contributed by atoms with Gasteiger partial charge in [-0.05, 0) is 48.6 Å². The SMILES string of the molecule is Nc1ncc(CCCCCC(=O)NO)cc1OCCc1c(Cl)ccc(F)c1Cl. The lowest BCUT2D eigenvalue weighted by Gasteiger charge is -2.12. The summed E-state index contributed by atoms with van der Waals surface area (Å²) >= 11 is 12.0. The van der Waals surface area contributed by atoms with Gasteiger partial charge in [0, 0.05) is 24.1 Å². The van der Waals surface area contributed by atoms with Crippen molar-refractivity contribution in [3.63, 3.8) is 0 Å². The number of nitrogens with zero attached hydrogens (tertiary/aromatic N) is 1. The van der Waals surface area contributed by atoms with Crippen LogP contribution in [0.4, 0.5) is 10.2 Å². The highest BCUT2D eigenvalue weighted by Gasteiger charge is 2.12. The van der Waals surface area contributed by atoms with E-state index in [0.29, 0.717) is 29.2 Å². The van der Waals surface area contributed by atoms with E-state index in [1.54, 1.807) is 11.7 Å². The zero-order valence-corrected chi connectivity index (χ0v) is 16.7. The van der Waals surface area contributed by atoms with Crippen LogP contribution in [-0.4, -0.2) is 22.7 Å². The van der Waals surface area contributed by atoms with Crippen molar-refractivity contribution in [1.29, 1.82) is 0 Å². The number of halogens is 3. The summed E-state index contributed by atoms with van der Waals surface area (Å²) < 4.78 is 19.3. The molecule has 0 unspecified atom stereocenters. The van der Waals surface area contributed by atoms with Gasteiger partial charge in [0.2, 0.25) is 5.91 Å². The molecular weight excluding hydrogens is 408 g/mol. The van der Waals surface area contributed by atoms with Crippen LogP contribution in [0.5, 0.6) is 5.75 Å². The number of rotatable bonds is 10. The number of hydrogen-bond donors (Lipinski definition) is 3. The number of carbonyl (C=O) groups excluding carboxylic acids is 1. The number of hydroxylamine groups is 1. The van der Waals surface area contributed by atoms with E-state index in [4.69, 9.17) is 38.9 Å². The highest BCUT2D eigenvalue weighted by atomic mass is 35.5. The third kappa shape index (κ3) is 6.51. The summed E-state index contributed by atoms with van der Waals surface area (Å²) in [5.74, 6) is -0.204. The molecule has 1 amide bonds.